The number of nitriles is 1. The molecule has 0 saturated heterocycles. The van der Waals surface area contributed by atoms with Crippen LogP contribution in [-0.2, 0) is 0 Å². The van der Waals surface area contributed by atoms with Gasteiger partial charge in [-0.2, -0.15) is 5.26 Å². The summed E-state index contributed by atoms with van der Waals surface area (Å²) in [5, 5.41) is 8.75. The van der Waals surface area contributed by atoms with E-state index in [9.17, 15) is 9.59 Å². The van der Waals surface area contributed by atoms with E-state index in [1.54, 1.807) is 0 Å². The molecular weight excluding hydrogens is 182 g/mol. The van der Waals surface area contributed by atoms with Crippen LogP contribution in [0.15, 0.2) is 12.1 Å². The number of methoxy groups -OCH3 is 1. The Kier molecular flexibility index (Phi) is 2.97. The van der Waals surface area contributed by atoms with Crippen molar-refractivity contribution in [2.45, 2.75) is 0 Å². The number of hydrogen-bond donors (Lipinski definition) is 0. The molecule has 0 aliphatic heterocycles. The Hall–Kier alpha value is -2.15. The van der Waals surface area contributed by atoms with Gasteiger partial charge < -0.3 is 4.74 Å². The Balaban J connectivity index is 3.48. The number of ether oxygens (including phenoxy) is 1. The van der Waals surface area contributed by atoms with Crippen LogP contribution in [0, 0.1) is 11.3 Å². The number of aldehydes is 2. The smallest absolute Gasteiger partial charge is 0.151 e. The van der Waals surface area contributed by atoms with Gasteiger partial charge in [0.1, 0.15) is 23.7 Å². The fourth-order valence-electron chi connectivity index (χ4n) is 1.10. The Labute approximate surface area is 80.7 Å². The molecule has 14 heavy (non-hydrogen) atoms. The van der Waals surface area contributed by atoms with Gasteiger partial charge in [0, 0.05) is 11.1 Å². The predicted octanol–water partition coefficient (Wildman–Crippen LogP) is 1.19. The number of nitrogens with zero attached hydrogens (tertiary/aromatic N) is 1. The number of carbonyl (C=O) groups is 2. The molecule has 0 radical (unpaired) electrons. The van der Waals surface area contributed by atoms with Crippen molar-refractivity contribution in [2.24, 2.45) is 0 Å². The van der Waals surface area contributed by atoms with Crippen LogP contribution in [0.3, 0.4) is 0 Å². The molecule has 0 N–H and O–H groups in total. The van der Waals surface area contributed by atoms with E-state index in [0.29, 0.717) is 18.1 Å². The predicted molar refractivity (Wildman–Crippen MR) is 48.5 cm³/mol. The zero-order valence-corrected chi connectivity index (χ0v) is 7.48. The molecule has 0 fully saturated rings. The van der Waals surface area contributed by atoms with E-state index >= 15 is 0 Å². The van der Waals surface area contributed by atoms with Gasteiger partial charge in [-0.05, 0) is 12.1 Å². The number of hydrogen-bond acceptors (Lipinski definition) is 4. The SMILES string of the molecule is COc1cc(C=O)cc(C=O)c1C#N. The van der Waals surface area contributed by atoms with Crippen molar-refractivity contribution in [1.82, 2.24) is 0 Å². The van der Waals surface area contributed by atoms with Gasteiger partial charge in [-0.15, -0.1) is 0 Å². The Bertz CT molecular complexity index is 418. The Morgan fingerprint density at radius 3 is 2.50 bits per heavy atom. The summed E-state index contributed by atoms with van der Waals surface area (Å²) in [7, 11) is 1.37. The molecule has 0 atom stereocenters. The molecule has 1 aromatic rings. The summed E-state index contributed by atoms with van der Waals surface area (Å²) in [4.78, 5) is 21.1. The molecule has 0 unspecified atom stereocenters. The first-order valence-electron chi connectivity index (χ1n) is 3.79. The Morgan fingerprint density at radius 1 is 1.36 bits per heavy atom. The van der Waals surface area contributed by atoms with Crippen molar-refractivity contribution in [3.63, 3.8) is 0 Å². The summed E-state index contributed by atoms with van der Waals surface area (Å²) in [6.45, 7) is 0. The van der Waals surface area contributed by atoms with Crippen molar-refractivity contribution >= 4 is 12.6 Å². The van der Waals surface area contributed by atoms with Crippen molar-refractivity contribution in [3.05, 3.63) is 28.8 Å². The Morgan fingerprint density at radius 2 is 2.07 bits per heavy atom. The van der Waals surface area contributed by atoms with Crippen LogP contribution in [0.1, 0.15) is 26.3 Å². The number of rotatable bonds is 3. The number of carbonyl (C=O) groups excluding carboxylic acids is 2. The largest absolute Gasteiger partial charge is 0.495 e. The molecule has 0 bridgehead atoms. The summed E-state index contributed by atoms with van der Waals surface area (Å²) in [6.07, 6.45) is 1.12. The average Bonchev–Trinajstić information content (AvgIpc) is 2.26. The second-order valence-corrected chi connectivity index (χ2v) is 2.53. The van der Waals surface area contributed by atoms with E-state index in [2.05, 4.69) is 0 Å². The summed E-state index contributed by atoms with van der Waals surface area (Å²) in [5.41, 5.74) is 0.616. The van der Waals surface area contributed by atoms with Gasteiger partial charge >= 0.3 is 0 Å². The summed E-state index contributed by atoms with van der Waals surface area (Å²) in [6, 6.07) is 4.61. The molecule has 0 heterocycles. The second-order valence-electron chi connectivity index (χ2n) is 2.53. The van der Waals surface area contributed by atoms with Crippen LogP contribution in [0.5, 0.6) is 5.75 Å². The third-order valence-corrected chi connectivity index (χ3v) is 1.75. The van der Waals surface area contributed by atoms with Gasteiger partial charge in [-0.25, -0.2) is 0 Å². The highest BCUT2D eigenvalue weighted by Crippen LogP contribution is 2.22. The number of benzene rings is 1. The highest BCUT2D eigenvalue weighted by molar-refractivity contribution is 5.86. The quantitative estimate of drug-likeness (QED) is 0.670. The minimum Gasteiger partial charge on any atom is -0.495 e. The lowest BCUT2D eigenvalue weighted by atomic mass is 10.1. The maximum Gasteiger partial charge on any atom is 0.151 e. The molecule has 70 valence electrons. The average molecular weight is 189 g/mol. The molecule has 0 aromatic heterocycles. The minimum atomic E-state index is 0.146. The zero-order valence-electron chi connectivity index (χ0n) is 7.48. The van der Waals surface area contributed by atoms with Crippen molar-refractivity contribution in [3.8, 4) is 11.8 Å². The summed E-state index contributed by atoms with van der Waals surface area (Å²) < 4.78 is 4.88. The third kappa shape index (κ3) is 1.62. The van der Waals surface area contributed by atoms with Crippen LogP contribution >= 0.6 is 0 Å². The topological polar surface area (TPSA) is 67.2 Å². The maximum absolute atomic E-state index is 10.6. The molecule has 0 amide bonds. The van der Waals surface area contributed by atoms with Crippen LogP contribution in [0.25, 0.3) is 0 Å². The van der Waals surface area contributed by atoms with Crippen molar-refractivity contribution < 1.29 is 14.3 Å². The maximum atomic E-state index is 10.6. The van der Waals surface area contributed by atoms with Gasteiger partial charge in [0.25, 0.3) is 0 Å². The first-order chi connectivity index (χ1) is 6.76. The van der Waals surface area contributed by atoms with Gasteiger partial charge in [0.05, 0.1) is 7.11 Å². The highest BCUT2D eigenvalue weighted by atomic mass is 16.5. The molecule has 0 aliphatic rings. The van der Waals surface area contributed by atoms with Crippen LogP contribution < -0.4 is 4.74 Å². The summed E-state index contributed by atoms with van der Waals surface area (Å²) >= 11 is 0. The van der Waals surface area contributed by atoms with E-state index in [1.807, 2.05) is 6.07 Å². The summed E-state index contributed by atoms with van der Waals surface area (Å²) in [5.74, 6) is 0.235. The van der Waals surface area contributed by atoms with Crippen molar-refractivity contribution in [1.29, 1.82) is 5.26 Å². The van der Waals surface area contributed by atoms with Gasteiger partial charge in [0.2, 0.25) is 0 Å². The van der Waals surface area contributed by atoms with Gasteiger partial charge in [-0.3, -0.25) is 9.59 Å². The van der Waals surface area contributed by atoms with E-state index in [4.69, 9.17) is 10.00 Å². The lowest BCUT2D eigenvalue weighted by Crippen LogP contribution is -1.96. The monoisotopic (exact) mass is 189 g/mol. The van der Waals surface area contributed by atoms with Crippen LogP contribution in [0.2, 0.25) is 0 Å². The van der Waals surface area contributed by atoms with Gasteiger partial charge in [0.15, 0.2) is 6.29 Å². The van der Waals surface area contributed by atoms with E-state index in [-0.39, 0.29) is 16.9 Å². The molecule has 0 aliphatic carbocycles. The minimum absolute atomic E-state index is 0.146. The first kappa shape index (κ1) is 9.93. The lowest BCUT2D eigenvalue weighted by Gasteiger charge is -2.04. The lowest BCUT2D eigenvalue weighted by molar-refractivity contribution is 0.112. The fourth-order valence-corrected chi connectivity index (χ4v) is 1.10. The van der Waals surface area contributed by atoms with Crippen LogP contribution in [0.4, 0.5) is 0 Å². The molecule has 0 saturated carbocycles. The molecule has 1 aromatic carbocycles. The molecule has 4 nitrogen and oxygen atoms in total. The third-order valence-electron chi connectivity index (χ3n) is 1.75. The molecule has 4 heteroatoms. The van der Waals surface area contributed by atoms with Crippen LogP contribution in [-0.4, -0.2) is 19.7 Å². The van der Waals surface area contributed by atoms with E-state index in [0.717, 1.165) is 0 Å². The van der Waals surface area contributed by atoms with Crippen molar-refractivity contribution in [2.75, 3.05) is 7.11 Å². The van der Waals surface area contributed by atoms with Gasteiger partial charge in [-0.1, -0.05) is 0 Å². The first-order valence-corrected chi connectivity index (χ1v) is 3.79. The second kappa shape index (κ2) is 4.19. The van der Waals surface area contributed by atoms with E-state index in [1.165, 1.54) is 19.2 Å². The normalized spacial score (nSPS) is 8.86. The molecule has 1 rings (SSSR count). The molecular formula is C10H7NO3. The standard InChI is InChI=1S/C10H7NO3/c1-14-10-3-7(5-12)2-8(6-13)9(10)4-11/h2-3,5-6H,1H3. The molecule has 0 spiro atoms. The highest BCUT2D eigenvalue weighted by Gasteiger charge is 2.10. The van der Waals surface area contributed by atoms with E-state index < -0.39 is 0 Å². The fraction of sp³-hybridized carbons (Fsp3) is 0.100. The zero-order chi connectivity index (χ0) is 10.6.